The molecule has 4 N–H and O–H groups in total. The van der Waals surface area contributed by atoms with Crippen molar-refractivity contribution >= 4 is 51.5 Å². The van der Waals surface area contributed by atoms with Gasteiger partial charge in [-0.1, -0.05) is 54.1 Å². The first kappa shape index (κ1) is 19.8. The van der Waals surface area contributed by atoms with Crippen LogP contribution in [-0.2, 0) is 0 Å². The van der Waals surface area contributed by atoms with Crippen molar-refractivity contribution in [2.24, 2.45) is 5.73 Å². The molecule has 0 bridgehead atoms. The van der Waals surface area contributed by atoms with Gasteiger partial charge < -0.3 is 5.73 Å². The Morgan fingerprint density at radius 2 is 1.70 bits per heavy atom. The Morgan fingerprint density at radius 1 is 0.933 bits per heavy atom. The number of benzene rings is 2. The fourth-order valence-corrected chi connectivity index (χ4v) is 3.24. The summed E-state index contributed by atoms with van der Waals surface area (Å²) in [5, 5.41) is 2.87. The van der Waals surface area contributed by atoms with Crippen molar-refractivity contribution in [3.05, 3.63) is 95.3 Å². The number of fused-ring (bicyclic) bond motifs is 1. The molecule has 0 amide bonds. The quantitative estimate of drug-likeness (QED) is 0.311. The molecule has 4 aromatic rings. The molecule has 0 spiro atoms. The minimum Gasteiger partial charge on any atom is -0.375 e. The van der Waals surface area contributed by atoms with Crippen LogP contribution in [-0.4, -0.2) is 15.1 Å². The molecule has 2 heterocycles. The number of halogens is 1. The van der Waals surface area contributed by atoms with Gasteiger partial charge in [-0.25, -0.2) is 4.98 Å². The van der Waals surface area contributed by atoms with Crippen molar-refractivity contribution in [1.29, 1.82) is 0 Å². The van der Waals surface area contributed by atoms with Crippen LogP contribution in [0, 0.1) is 0 Å². The number of nitrogens with zero attached hydrogens (tertiary/aromatic N) is 2. The maximum absolute atomic E-state index is 6.06. The first-order valence-corrected chi connectivity index (χ1v) is 9.99. The Hall–Kier alpha value is -3.48. The van der Waals surface area contributed by atoms with E-state index in [2.05, 4.69) is 21.9 Å². The Morgan fingerprint density at radius 3 is 2.43 bits per heavy atom. The van der Waals surface area contributed by atoms with Gasteiger partial charge in [-0.3, -0.25) is 15.8 Å². The Bertz CT molecular complexity index is 1220. The molecule has 0 unspecified atom stereocenters. The number of hydrogen-bond donors (Lipinski definition) is 3. The molecule has 2 aromatic carbocycles. The SMILES string of the molecule is NC(=S)NN/C(=C\c1nc(-c2ccccn2)cc2ccccc12)c1ccc(Cl)cc1. The molecule has 0 aliphatic rings. The van der Waals surface area contributed by atoms with E-state index in [9.17, 15) is 0 Å². The molecule has 7 heteroatoms. The third-order valence-corrected chi connectivity index (χ3v) is 4.81. The van der Waals surface area contributed by atoms with E-state index in [0.717, 1.165) is 39.1 Å². The smallest absolute Gasteiger partial charge is 0.182 e. The van der Waals surface area contributed by atoms with Gasteiger partial charge in [-0.2, -0.15) is 0 Å². The summed E-state index contributed by atoms with van der Waals surface area (Å²) in [4.78, 5) is 9.33. The molecular weight excluding hydrogens is 414 g/mol. The van der Waals surface area contributed by atoms with Gasteiger partial charge >= 0.3 is 0 Å². The number of thiocarbonyl (C=S) groups is 1. The third-order valence-electron chi connectivity index (χ3n) is 4.45. The lowest BCUT2D eigenvalue weighted by atomic mass is 10.0. The summed E-state index contributed by atoms with van der Waals surface area (Å²) in [6.45, 7) is 0. The van der Waals surface area contributed by atoms with Crippen LogP contribution in [0.1, 0.15) is 11.3 Å². The second-order valence-corrected chi connectivity index (χ2v) is 7.38. The fourth-order valence-electron chi connectivity index (χ4n) is 3.07. The predicted molar refractivity (Wildman–Crippen MR) is 127 cm³/mol. The number of hydrazine groups is 1. The highest BCUT2D eigenvalue weighted by Crippen LogP contribution is 2.26. The molecule has 0 saturated carbocycles. The highest BCUT2D eigenvalue weighted by Gasteiger charge is 2.10. The van der Waals surface area contributed by atoms with Crippen molar-refractivity contribution < 1.29 is 0 Å². The second kappa shape index (κ2) is 8.90. The highest BCUT2D eigenvalue weighted by atomic mass is 35.5. The van der Waals surface area contributed by atoms with E-state index in [1.54, 1.807) is 6.20 Å². The Labute approximate surface area is 184 Å². The van der Waals surface area contributed by atoms with E-state index in [4.69, 9.17) is 34.5 Å². The zero-order valence-corrected chi connectivity index (χ0v) is 17.4. The topological polar surface area (TPSA) is 75.9 Å². The summed E-state index contributed by atoms with van der Waals surface area (Å²) in [5.41, 5.74) is 15.5. The number of pyridine rings is 2. The molecule has 4 rings (SSSR count). The van der Waals surface area contributed by atoms with Crippen molar-refractivity contribution in [3.63, 3.8) is 0 Å². The van der Waals surface area contributed by atoms with Crippen molar-refractivity contribution in [2.45, 2.75) is 0 Å². The van der Waals surface area contributed by atoms with E-state index >= 15 is 0 Å². The van der Waals surface area contributed by atoms with E-state index in [1.165, 1.54) is 0 Å². The van der Waals surface area contributed by atoms with E-state index in [0.29, 0.717) is 5.02 Å². The monoisotopic (exact) mass is 431 g/mol. The second-order valence-electron chi connectivity index (χ2n) is 6.51. The van der Waals surface area contributed by atoms with Crippen molar-refractivity contribution in [2.75, 3.05) is 0 Å². The van der Waals surface area contributed by atoms with E-state index in [1.807, 2.05) is 72.8 Å². The summed E-state index contributed by atoms with van der Waals surface area (Å²) >= 11 is 11.0. The summed E-state index contributed by atoms with van der Waals surface area (Å²) in [5.74, 6) is 0. The standard InChI is InChI=1S/C23H18ClN5S/c24-17-10-8-15(9-11-17)20(28-29-23(25)30)14-21-18-6-2-1-5-16(18)13-22(27-21)19-7-3-4-12-26-19/h1-14,28H,(H3,25,29,30)/b20-14-. The van der Waals surface area contributed by atoms with Crippen LogP contribution in [0.5, 0.6) is 0 Å². The van der Waals surface area contributed by atoms with Gasteiger partial charge in [-0.05, 0) is 59.6 Å². The van der Waals surface area contributed by atoms with Crippen LogP contribution in [0.25, 0.3) is 33.9 Å². The van der Waals surface area contributed by atoms with Gasteiger partial charge in [-0.15, -0.1) is 0 Å². The lowest BCUT2D eigenvalue weighted by Gasteiger charge is -2.14. The average molecular weight is 432 g/mol. The number of aromatic nitrogens is 2. The largest absolute Gasteiger partial charge is 0.375 e. The van der Waals surface area contributed by atoms with Crippen LogP contribution in [0.2, 0.25) is 5.02 Å². The van der Waals surface area contributed by atoms with Gasteiger partial charge in [0.25, 0.3) is 0 Å². The maximum atomic E-state index is 6.06. The number of nitrogens with one attached hydrogen (secondary N) is 2. The Kier molecular flexibility index (Phi) is 5.88. The van der Waals surface area contributed by atoms with Gasteiger partial charge in [0.15, 0.2) is 5.11 Å². The van der Waals surface area contributed by atoms with Gasteiger partial charge in [0.2, 0.25) is 0 Å². The molecule has 0 atom stereocenters. The number of rotatable bonds is 5. The molecule has 2 aromatic heterocycles. The first-order chi connectivity index (χ1) is 14.6. The molecule has 0 aliphatic heterocycles. The normalized spacial score (nSPS) is 11.3. The molecule has 0 fully saturated rings. The van der Waals surface area contributed by atoms with Crippen LogP contribution >= 0.6 is 23.8 Å². The van der Waals surface area contributed by atoms with Gasteiger partial charge in [0.05, 0.1) is 22.8 Å². The van der Waals surface area contributed by atoms with Crippen LogP contribution < -0.4 is 16.6 Å². The van der Waals surface area contributed by atoms with E-state index < -0.39 is 0 Å². The molecule has 0 aliphatic carbocycles. The summed E-state index contributed by atoms with van der Waals surface area (Å²) in [7, 11) is 0. The molecule has 0 radical (unpaired) electrons. The van der Waals surface area contributed by atoms with Crippen LogP contribution in [0.15, 0.2) is 79.0 Å². The van der Waals surface area contributed by atoms with Gasteiger partial charge in [0.1, 0.15) is 0 Å². The minimum absolute atomic E-state index is 0.134. The molecular formula is C23H18ClN5S. The number of nitrogens with two attached hydrogens (primary N) is 1. The Balaban J connectivity index is 1.88. The average Bonchev–Trinajstić information content (AvgIpc) is 2.77. The summed E-state index contributed by atoms with van der Waals surface area (Å²) in [6.07, 6.45) is 3.71. The van der Waals surface area contributed by atoms with Gasteiger partial charge in [0, 0.05) is 16.6 Å². The zero-order chi connectivity index (χ0) is 20.9. The molecule has 148 valence electrons. The predicted octanol–water partition coefficient (Wildman–Crippen LogP) is 4.79. The molecule has 0 saturated heterocycles. The highest BCUT2D eigenvalue weighted by molar-refractivity contribution is 7.80. The summed E-state index contributed by atoms with van der Waals surface area (Å²) in [6, 6.07) is 23.4. The molecule has 30 heavy (non-hydrogen) atoms. The van der Waals surface area contributed by atoms with E-state index in [-0.39, 0.29) is 5.11 Å². The lowest BCUT2D eigenvalue weighted by Crippen LogP contribution is -2.39. The lowest BCUT2D eigenvalue weighted by molar-refractivity contribution is 0.847. The number of hydrogen-bond acceptors (Lipinski definition) is 4. The van der Waals surface area contributed by atoms with Crippen LogP contribution in [0.4, 0.5) is 0 Å². The maximum Gasteiger partial charge on any atom is 0.182 e. The first-order valence-electron chi connectivity index (χ1n) is 9.20. The van der Waals surface area contributed by atoms with Crippen molar-refractivity contribution in [3.8, 4) is 11.4 Å². The molecule has 5 nitrogen and oxygen atoms in total. The zero-order valence-electron chi connectivity index (χ0n) is 15.8. The van der Waals surface area contributed by atoms with Crippen molar-refractivity contribution in [1.82, 2.24) is 20.8 Å². The third kappa shape index (κ3) is 4.56. The minimum atomic E-state index is 0.134. The van der Waals surface area contributed by atoms with Crippen LogP contribution in [0.3, 0.4) is 0 Å². The summed E-state index contributed by atoms with van der Waals surface area (Å²) < 4.78 is 0. The fraction of sp³-hybridized carbons (Fsp3) is 0.